The fourth-order valence-electron chi connectivity index (χ4n) is 5.41. The van der Waals surface area contributed by atoms with Crippen LogP contribution in [0.5, 0.6) is 0 Å². The summed E-state index contributed by atoms with van der Waals surface area (Å²) in [6.07, 6.45) is 4.12. The lowest BCUT2D eigenvalue weighted by Gasteiger charge is -2.29. The monoisotopic (exact) mass is 422 g/mol. The van der Waals surface area contributed by atoms with Crippen molar-refractivity contribution in [2.45, 2.75) is 69.2 Å². The standard InChI is InChI=1S/C23H26N4O4/c1-22(2)30-18-21(27-11-9-15-19(24)25-13-26-20(15)27)29-17-16(8-10-23(17,18)31-22)28-12-14-6-4-3-5-7-14/h3-7,9,11,13,16-18,21H,8,10,12H2,1-2H3,(H2,24,25,26)/t16-,17-,18+,21-,23-/m1/s1. The Balaban J connectivity index is 1.33. The number of nitrogens with two attached hydrogens (primary N) is 1. The Kier molecular flexibility index (Phi) is 4.17. The van der Waals surface area contributed by atoms with Crippen LogP contribution in [0.4, 0.5) is 5.82 Å². The summed E-state index contributed by atoms with van der Waals surface area (Å²) in [4.78, 5) is 8.54. The van der Waals surface area contributed by atoms with Gasteiger partial charge in [0, 0.05) is 6.20 Å². The Morgan fingerprint density at radius 1 is 1.16 bits per heavy atom. The highest BCUT2D eigenvalue weighted by atomic mass is 16.8. The number of hydrogen-bond donors (Lipinski definition) is 1. The molecule has 1 spiro atoms. The van der Waals surface area contributed by atoms with Gasteiger partial charge in [0.2, 0.25) is 0 Å². The van der Waals surface area contributed by atoms with E-state index in [9.17, 15) is 0 Å². The van der Waals surface area contributed by atoms with Crippen molar-refractivity contribution < 1.29 is 18.9 Å². The number of ether oxygens (including phenoxy) is 4. The third-order valence-electron chi connectivity index (χ3n) is 6.63. The number of hydrogen-bond acceptors (Lipinski definition) is 7. The highest BCUT2D eigenvalue weighted by Crippen LogP contribution is 2.57. The average molecular weight is 422 g/mol. The number of nitrogens with zero attached hydrogens (tertiary/aromatic N) is 3. The topological polar surface area (TPSA) is 93.7 Å². The van der Waals surface area contributed by atoms with E-state index in [4.69, 9.17) is 24.7 Å². The fourth-order valence-corrected chi connectivity index (χ4v) is 5.41. The van der Waals surface area contributed by atoms with Gasteiger partial charge in [-0.15, -0.1) is 0 Å². The molecule has 2 saturated heterocycles. The molecule has 3 aromatic rings. The summed E-state index contributed by atoms with van der Waals surface area (Å²) in [6, 6.07) is 12.1. The second kappa shape index (κ2) is 6.74. The molecule has 0 amide bonds. The minimum Gasteiger partial charge on any atom is -0.383 e. The van der Waals surface area contributed by atoms with Crippen LogP contribution in [-0.4, -0.2) is 44.2 Å². The zero-order valence-electron chi connectivity index (χ0n) is 17.6. The molecule has 2 aliphatic heterocycles. The molecule has 3 aliphatic rings. The van der Waals surface area contributed by atoms with Gasteiger partial charge in [0.15, 0.2) is 12.0 Å². The number of fused-ring (bicyclic) bond motifs is 1. The summed E-state index contributed by atoms with van der Waals surface area (Å²) in [5.74, 6) is -0.249. The SMILES string of the molecule is CC1(C)O[C@H]2[C@H](n3ccc4c(N)ncnc43)O[C@@H]3[C@H](OCc4ccccc4)CC[C@@]32O1. The molecule has 4 heterocycles. The van der Waals surface area contributed by atoms with E-state index in [2.05, 4.69) is 22.1 Å². The first kappa shape index (κ1) is 19.2. The van der Waals surface area contributed by atoms with Gasteiger partial charge < -0.3 is 29.2 Å². The zero-order valence-corrected chi connectivity index (χ0v) is 17.6. The normalized spacial score (nSPS) is 33.6. The molecule has 0 unspecified atom stereocenters. The molecule has 31 heavy (non-hydrogen) atoms. The Hall–Kier alpha value is -2.52. The van der Waals surface area contributed by atoms with Crippen LogP contribution < -0.4 is 5.73 Å². The molecular formula is C23H26N4O4. The molecule has 0 bridgehead atoms. The predicted octanol–water partition coefficient (Wildman–Crippen LogP) is 3.18. The van der Waals surface area contributed by atoms with Gasteiger partial charge in [0.05, 0.1) is 18.1 Å². The quantitative estimate of drug-likeness (QED) is 0.690. The first-order chi connectivity index (χ1) is 15.0. The summed E-state index contributed by atoms with van der Waals surface area (Å²) < 4.78 is 27.9. The molecule has 0 radical (unpaired) electrons. The summed E-state index contributed by atoms with van der Waals surface area (Å²) in [5.41, 5.74) is 7.36. The number of benzene rings is 1. The van der Waals surface area contributed by atoms with Crippen molar-refractivity contribution in [3.63, 3.8) is 0 Å². The van der Waals surface area contributed by atoms with Gasteiger partial charge in [-0.25, -0.2) is 9.97 Å². The highest BCUT2D eigenvalue weighted by molar-refractivity contribution is 5.86. The molecule has 8 nitrogen and oxygen atoms in total. The van der Waals surface area contributed by atoms with Crippen LogP contribution >= 0.6 is 0 Å². The van der Waals surface area contributed by atoms with Crippen molar-refractivity contribution in [2.75, 3.05) is 5.73 Å². The van der Waals surface area contributed by atoms with E-state index < -0.39 is 11.4 Å². The Morgan fingerprint density at radius 3 is 2.84 bits per heavy atom. The van der Waals surface area contributed by atoms with Crippen molar-refractivity contribution >= 4 is 16.9 Å². The number of anilines is 1. The highest BCUT2D eigenvalue weighted by Gasteiger charge is 2.70. The van der Waals surface area contributed by atoms with Gasteiger partial charge in [-0.2, -0.15) is 0 Å². The Labute approximate surface area is 180 Å². The maximum Gasteiger partial charge on any atom is 0.165 e. The van der Waals surface area contributed by atoms with Crippen LogP contribution in [0, 0.1) is 0 Å². The van der Waals surface area contributed by atoms with E-state index in [0.29, 0.717) is 12.4 Å². The summed E-state index contributed by atoms with van der Waals surface area (Å²) in [6.45, 7) is 4.46. The lowest BCUT2D eigenvalue weighted by atomic mass is 9.94. The summed E-state index contributed by atoms with van der Waals surface area (Å²) in [5, 5.41) is 0.798. The first-order valence-corrected chi connectivity index (χ1v) is 10.7. The Bertz CT molecular complexity index is 1120. The molecule has 6 rings (SSSR count). The van der Waals surface area contributed by atoms with Crippen LogP contribution in [0.25, 0.3) is 11.0 Å². The van der Waals surface area contributed by atoms with Crippen LogP contribution in [-0.2, 0) is 25.6 Å². The first-order valence-electron chi connectivity index (χ1n) is 10.7. The largest absolute Gasteiger partial charge is 0.383 e. The van der Waals surface area contributed by atoms with Crippen molar-refractivity contribution in [1.82, 2.24) is 14.5 Å². The van der Waals surface area contributed by atoms with E-state index in [-0.39, 0.29) is 24.5 Å². The second-order valence-corrected chi connectivity index (χ2v) is 9.04. The van der Waals surface area contributed by atoms with Gasteiger partial charge in [-0.1, -0.05) is 30.3 Å². The number of aromatic nitrogens is 3. The average Bonchev–Trinajstić information content (AvgIpc) is 3.45. The zero-order chi connectivity index (χ0) is 21.2. The molecule has 1 saturated carbocycles. The van der Waals surface area contributed by atoms with E-state index in [1.807, 2.05) is 48.9 Å². The van der Waals surface area contributed by atoms with E-state index in [1.54, 1.807) is 0 Å². The van der Waals surface area contributed by atoms with Gasteiger partial charge in [-0.3, -0.25) is 0 Å². The minimum atomic E-state index is -0.698. The van der Waals surface area contributed by atoms with Crippen LogP contribution in [0.1, 0.15) is 38.5 Å². The van der Waals surface area contributed by atoms with E-state index in [0.717, 1.165) is 29.4 Å². The predicted molar refractivity (Wildman–Crippen MR) is 113 cm³/mol. The summed E-state index contributed by atoms with van der Waals surface area (Å²) >= 11 is 0. The van der Waals surface area contributed by atoms with E-state index >= 15 is 0 Å². The molecule has 162 valence electrons. The van der Waals surface area contributed by atoms with Gasteiger partial charge in [-0.05, 0) is 38.3 Å². The molecule has 3 fully saturated rings. The molecule has 1 aromatic carbocycles. The number of rotatable bonds is 4. The molecular weight excluding hydrogens is 396 g/mol. The fraction of sp³-hybridized carbons (Fsp3) is 0.478. The van der Waals surface area contributed by atoms with Crippen LogP contribution in [0.3, 0.4) is 0 Å². The van der Waals surface area contributed by atoms with Crippen molar-refractivity contribution in [2.24, 2.45) is 0 Å². The lowest BCUT2D eigenvalue weighted by Crippen LogP contribution is -2.45. The van der Waals surface area contributed by atoms with Gasteiger partial charge >= 0.3 is 0 Å². The third-order valence-corrected chi connectivity index (χ3v) is 6.63. The van der Waals surface area contributed by atoms with Crippen molar-refractivity contribution in [1.29, 1.82) is 0 Å². The van der Waals surface area contributed by atoms with Crippen LogP contribution in [0.15, 0.2) is 48.9 Å². The smallest absolute Gasteiger partial charge is 0.165 e. The van der Waals surface area contributed by atoms with Crippen LogP contribution in [0.2, 0.25) is 0 Å². The maximum absolute atomic E-state index is 6.62. The maximum atomic E-state index is 6.62. The third kappa shape index (κ3) is 2.90. The summed E-state index contributed by atoms with van der Waals surface area (Å²) in [7, 11) is 0. The lowest BCUT2D eigenvalue weighted by molar-refractivity contribution is -0.218. The van der Waals surface area contributed by atoms with Gasteiger partial charge in [0.25, 0.3) is 0 Å². The van der Waals surface area contributed by atoms with Crippen molar-refractivity contribution in [3.8, 4) is 0 Å². The molecule has 5 atom stereocenters. The Morgan fingerprint density at radius 2 is 2.00 bits per heavy atom. The molecule has 1 aliphatic carbocycles. The second-order valence-electron chi connectivity index (χ2n) is 9.04. The number of nitrogen functional groups attached to an aromatic ring is 1. The van der Waals surface area contributed by atoms with Gasteiger partial charge in [0.1, 0.15) is 35.6 Å². The van der Waals surface area contributed by atoms with Crippen molar-refractivity contribution in [3.05, 3.63) is 54.5 Å². The van der Waals surface area contributed by atoms with E-state index in [1.165, 1.54) is 6.33 Å². The molecule has 2 aromatic heterocycles. The molecule has 2 N–H and O–H groups in total. The molecule has 8 heteroatoms. The minimum absolute atomic E-state index is 0.0771.